The molecule has 2 aromatic carbocycles. The van der Waals surface area contributed by atoms with E-state index in [1.54, 1.807) is 0 Å². The molecule has 1 heterocycles. The number of aromatic nitrogens is 1. The second-order valence-electron chi connectivity index (χ2n) is 10.1. The van der Waals surface area contributed by atoms with E-state index in [-0.39, 0.29) is 5.41 Å². The molecule has 0 aliphatic carbocycles. The van der Waals surface area contributed by atoms with Crippen LogP contribution in [0.15, 0.2) is 53.0 Å². The van der Waals surface area contributed by atoms with Crippen molar-refractivity contribution in [3.05, 3.63) is 87.5 Å². The van der Waals surface area contributed by atoms with Gasteiger partial charge < -0.3 is 4.74 Å². The maximum absolute atomic E-state index is 6.29. The Bertz CT molecular complexity index is 1060. The summed E-state index contributed by atoms with van der Waals surface area (Å²) in [6.45, 7) is 16.0. The number of para-hydroxylation sites is 1. The van der Waals surface area contributed by atoms with E-state index in [9.17, 15) is 0 Å². The van der Waals surface area contributed by atoms with Gasteiger partial charge in [0.25, 0.3) is 0 Å². The van der Waals surface area contributed by atoms with Gasteiger partial charge in [-0.2, -0.15) is 0 Å². The van der Waals surface area contributed by atoms with Crippen molar-refractivity contribution in [2.75, 3.05) is 0 Å². The minimum atomic E-state index is 0.0305. The molecule has 0 fully saturated rings. The average Bonchev–Trinajstić information content (AvgIpc) is 2.69. The van der Waals surface area contributed by atoms with Gasteiger partial charge in [0.1, 0.15) is 12.4 Å². The van der Waals surface area contributed by atoms with Crippen LogP contribution in [0.25, 0.3) is 11.1 Å². The summed E-state index contributed by atoms with van der Waals surface area (Å²) in [5.41, 5.74) is 8.35. The molecule has 0 unspecified atom stereocenters. The first-order chi connectivity index (χ1) is 15.0. The minimum Gasteiger partial charge on any atom is -0.488 e. The number of rotatable bonds is 7. The lowest BCUT2D eigenvalue weighted by molar-refractivity contribution is 0.303. The van der Waals surface area contributed by atoms with E-state index < -0.39 is 0 Å². The second kappa shape index (κ2) is 10.2. The lowest BCUT2D eigenvalue weighted by atomic mass is 9.81. The zero-order valence-corrected chi connectivity index (χ0v) is 22.0. The highest BCUT2D eigenvalue weighted by molar-refractivity contribution is 9.10. The fourth-order valence-electron chi connectivity index (χ4n) is 3.89. The highest BCUT2D eigenvalue weighted by atomic mass is 79.9. The number of hydrogen-bond acceptors (Lipinski definition) is 2. The third kappa shape index (κ3) is 6.22. The summed E-state index contributed by atoms with van der Waals surface area (Å²) >= 11 is 3.61. The summed E-state index contributed by atoms with van der Waals surface area (Å²) in [6.07, 6.45) is 3.33. The van der Waals surface area contributed by atoms with Crippen molar-refractivity contribution in [2.45, 2.75) is 61.5 Å². The second-order valence-corrected chi connectivity index (χ2v) is 11.0. The standard InChI is InChI=1S/C29H35BrNO/c1-19(2)16-26-23(17-29(5,6)7)28(22-14-12-20(3)13-15-22)24(21(4)31-26)18-32-27-11-9-8-10-25(27)30/h8-15,17,19H,16,18H2,1-7H3. The predicted molar refractivity (Wildman–Crippen MR) is 139 cm³/mol. The number of aryl methyl sites for hydroxylation is 2. The Balaban J connectivity index is 2.20. The molecule has 169 valence electrons. The van der Waals surface area contributed by atoms with Crippen LogP contribution in [0.3, 0.4) is 0 Å². The van der Waals surface area contributed by atoms with Crippen LogP contribution in [0.1, 0.15) is 62.7 Å². The fraction of sp³-hybridized carbons (Fsp3) is 0.379. The largest absolute Gasteiger partial charge is 0.488 e. The van der Waals surface area contributed by atoms with Crippen molar-refractivity contribution in [3.63, 3.8) is 0 Å². The van der Waals surface area contributed by atoms with Gasteiger partial charge in [-0.25, -0.2) is 0 Å². The SMILES string of the molecule is Cc1ccc(-c2c([CH]C(C)(C)C)c(CC(C)C)nc(C)c2COc2ccccc2Br)cc1. The number of halogens is 1. The fourth-order valence-corrected chi connectivity index (χ4v) is 4.29. The van der Waals surface area contributed by atoms with Crippen molar-refractivity contribution >= 4 is 15.9 Å². The first-order valence-electron chi connectivity index (χ1n) is 11.4. The molecule has 0 bridgehead atoms. The molecule has 0 saturated heterocycles. The third-order valence-corrected chi connectivity index (χ3v) is 6.00. The normalized spacial score (nSPS) is 11.8. The Hall–Kier alpha value is -2.13. The van der Waals surface area contributed by atoms with Gasteiger partial charge >= 0.3 is 0 Å². The van der Waals surface area contributed by atoms with E-state index in [4.69, 9.17) is 9.72 Å². The molecule has 0 spiro atoms. The Morgan fingerprint density at radius 3 is 2.25 bits per heavy atom. The lowest BCUT2D eigenvalue weighted by Crippen LogP contribution is -2.16. The highest BCUT2D eigenvalue weighted by Gasteiger charge is 2.24. The first-order valence-corrected chi connectivity index (χ1v) is 12.2. The summed E-state index contributed by atoms with van der Waals surface area (Å²) in [7, 11) is 0. The molecular formula is C29H35BrNO. The van der Waals surface area contributed by atoms with Crippen LogP contribution in [-0.4, -0.2) is 4.98 Å². The van der Waals surface area contributed by atoms with Crippen molar-refractivity contribution in [2.24, 2.45) is 11.3 Å². The summed E-state index contributed by atoms with van der Waals surface area (Å²) in [5, 5.41) is 0. The summed E-state index contributed by atoms with van der Waals surface area (Å²) in [6, 6.07) is 16.8. The topological polar surface area (TPSA) is 22.1 Å². The van der Waals surface area contributed by atoms with Crippen LogP contribution in [0.2, 0.25) is 0 Å². The van der Waals surface area contributed by atoms with Crippen LogP contribution in [0.4, 0.5) is 0 Å². The van der Waals surface area contributed by atoms with Crippen molar-refractivity contribution in [3.8, 4) is 16.9 Å². The molecule has 0 saturated carbocycles. The van der Waals surface area contributed by atoms with Gasteiger partial charge in [-0.15, -0.1) is 0 Å². The van der Waals surface area contributed by atoms with Crippen molar-refractivity contribution < 1.29 is 4.74 Å². The Morgan fingerprint density at radius 2 is 1.66 bits per heavy atom. The Morgan fingerprint density at radius 1 is 1.00 bits per heavy atom. The van der Waals surface area contributed by atoms with Gasteiger partial charge in [0.15, 0.2) is 0 Å². The molecule has 3 rings (SSSR count). The van der Waals surface area contributed by atoms with E-state index in [2.05, 4.69) is 95.1 Å². The van der Waals surface area contributed by atoms with E-state index in [1.165, 1.54) is 27.9 Å². The zero-order valence-electron chi connectivity index (χ0n) is 20.4. The lowest BCUT2D eigenvalue weighted by Gasteiger charge is -2.26. The highest BCUT2D eigenvalue weighted by Crippen LogP contribution is 2.38. The molecule has 0 atom stereocenters. The van der Waals surface area contributed by atoms with Crippen molar-refractivity contribution in [1.29, 1.82) is 0 Å². The molecular weight excluding hydrogens is 458 g/mol. The van der Waals surface area contributed by atoms with Crippen LogP contribution in [-0.2, 0) is 13.0 Å². The van der Waals surface area contributed by atoms with E-state index >= 15 is 0 Å². The molecule has 0 aliphatic heterocycles. The maximum atomic E-state index is 6.29. The number of benzene rings is 2. The quantitative estimate of drug-likeness (QED) is 0.329. The summed E-state index contributed by atoms with van der Waals surface area (Å²) in [4.78, 5) is 5.11. The van der Waals surface area contributed by atoms with E-state index in [0.717, 1.165) is 27.9 Å². The smallest absolute Gasteiger partial charge is 0.133 e. The van der Waals surface area contributed by atoms with Crippen LogP contribution in [0.5, 0.6) is 5.75 Å². The molecule has 2 nitrogen and oxygen atoms in total. The Kier molecular flexibility index (Phi) is 7.82. The Labute approximate surface area is 202 Å². The molecule has 0 amide bonds. The number of hydrogen-bond donors (Lipinski definition) is 0. The number of pyridine rings is 1. The molecule has 3 aromatic rings. The van der Waals surface area contributed by atoms with Crippen LogP contribution in [0, 0.1) is 31.6 Å². The average molecular weight is 494 g/mol. The van der Waals surface area contributed by atoms with Gasteiger partial charge in [-0.3, -0.25) is 4.98 Å². The van der Waals surface area contributed by atoms with Gasteiger partial charge in [-0.05, 0) is 82.8 Å². The summed E-state index contributed by atoms with van der Waals surface area (Å²) in [5.74, 6) is 1.37. The monoisotopic (exact) mass is 492 g/mol. The molecule has 32 heavy (non-hydrogen) atoms. The van der Waals surface area contributed by atoms with Gasteiger partial charge in [-0.1, -0.05) is 76.6 Å². The molecule has 1 aromatic heterocycles. The molecule has 1 radical (unpaired) electrons. The van der Waals surface area contributed by atoms with Gasteiger partial charge in [0, 0.05) is 17.0 Å². The maximum Gasteiger partial charge on any atom is 0.133 e. The zero-order chi connectivity index (χ0) is 23.5. The predicted octanol–water partition coefficient (Wildman–Crippen LogP) is 8.50. The number of ether oxygens (including phenoxy) is 1. The third-order valence-electron chi connectivity index (χ3n) is 5.35. The van der Waals surface area contributed by atoms with E-state index in [0.29, 0.717) is 12.5 Å². The van der Waals surface area contributed by atoms with Crippen molar-refractivity contribution in [1.82, 2.24) is 4.98 Å². The van der Waals surface area contributed by atoms with E-state index in [1.807, 2.05) is 24.3 Å². The molecule has 0 N–H and O–H groups in total. The molecule has 0 aliphatic rings. The number of nitrogens with zero attached hydrogens (tertiary/aromatic N) is 1. The first kappa shape index (κ1) is 24.5. The van der Waals surface area contributed by atoms with Crippen LogP contribution < -0.4 is 4.74 Å². The van der Waals surface area contributed by atoms with Gasteiger partial charge in [0.2, 0.25) is 0 Å². The summed E-state index contributed by atoms with van der Waals surface area (Å²) < 4.78 is 7.25. The van der Waals surface area contributed by atoms with Crippen LogP contribution >= 0.6 is 15.9 Å². The molecule has 3 heteroatoms. The minimum absolute atomic E-state index is 0.0305. The van der Waals surface area contributed by atoms with Gasteiger partial charge in [0.05, 0.1) is 4.47 Å².